The lowest BCUT2D eigenvalue weighted by molar-refractivity contribution is 0.00504. The average Bonchev–Trinajstić information content (AvgIpc) is 2.53. The largest absolute Gasteiger partial charge is 0.378 e. The van der Waals surface area contributed by atoms with Crippen LogP contribution >= 0.6 is 0 Å². The summed E-state index contributed by atoms with van der Waals surface area (Å²) in [6.45, 7) is 6.50. The SMILES string of the molecule is CCCNC(CC1CCCCO1)c1cccc(CCC)c1. The standard InChI is InChI=1S/C19H31NO/c1-3-8-16-9-7-10-17(14-16)19(20-12-4-2)15-18-11-5-6-13-21-18/h7,9-10,14,18-20H,3-6,8,11-13,15H2,1-2H3. The lowest BCUT2D eigenvalue weighted by Gasteiger charge is -2.28. The molecule has 1 fully saturated rings. The number of nitrogens with one attached hydrogen (secondary N) is 1. The first kappa shape index (κ1) is 16.5. The molecule has 2 unspecified atom stereocenters. The van der Waals surface area contributed by atoms with Crippen LogP contribution in [0.2, 0.25) is 0 Å². The molecule has 0 aliphatic carbocycles. The van der Waals surface area contributed by atoms with Crippen LogP contribution in [0.4, 0.5) is 0 Å². The molecule has 2 atom stereocenters. The topological polar surface area (TPSA) is 21.3 Å². The van der Waals surface area contributed by atoms with Gasteiger partial charge in [-0.15, -0.1) is 0 Å². The van der Waals surface area contributed by atoms with Gasteiger partial charge in [-0.2, -0.15) is 0 Å². The Bertz CT molecular complexity index is 398. The fourth-order valence-electron chi connectivity index (χ4n) is 3.17. The van der Waals surface area contributed by atoms with Gasteiger partial charge in [0.2, 0.25) is 0 Å². The van der Waals surface area contributed by atoms with Gasteiger partial charge in [0.1, 0.15) is 0 Å². The Labute approximate surface area is 130 Å². The van der Waals surface area contributed by atoms with Crippen molar-refractivity contribution in [3.8, 4) is 0 Å². The third-order valence-corrected chi connectivity index (χ3v) is 4.31. The molecule has 1 saturated heterocycles. The fourth-order valence-corrected chi connectivity index (χ4v) is 3.17. The van der Waals surface area contributed by atoms with Crippen molar-refractivity contribution in [2.24, 2.45) is 0 Å². The van der Waals surface area contributed by atoms with Crippen molar-refractivity contribution in [3.63, 3.8) is 0 Å². The number of aryl methyl sites for hydroxylation is 1. The molecular formula is C19H31NO. The van der Waals surface area contributed by atoms with Crippen molar-refractivity contribution in [2.75, 3.05) is 13.2 Å². The van der Waals surface area contributed by atoms with Crippen molar-refractivity contribution in [2.45, 2.75) is 70.9 Å². The second-order valence-electron chi connectivity index (χ2n) is 6.23. The molecule has 2 rings (SSSR count). The lowest BCUT2D eigenvalue weighted by Crippen LogP contribution is -2.29. The van der Waals surface area contributed by atoms with Crippen LogP contribution in [-0.2, 0) is 11.2 Å². The zero-order chi connectivity index (χ0) is 14.9. The Balaban J connectivity index is 2.04. The first-order chi connectivity index (χ1) is 10.3. The van der Waals surface area contributed by atoms with Crippen molar-refractivity contribution >= 4 is 0 Å². The molecule has 118 valence electrons. The van der Waals surface area contributed by atoms with Gasteiger partial charge in [0.15, 0.2) is 0 Å². The molecular weight excluding hydrogens is 258 g/mol. The zero-order valence-electron chi connectivity index (χ0n) is 13.7. The van der Waals surface area contributed by atoms with E-state index in [1.54, 1.807) is 0 Å². The van der Waals surface area contributed by atoms with Crippen LogP contribution in [0.1, 0.15) is 69.5 Å². The van der Waals surface area contributed by atoms with E-state index in [2.05, 4.69) is 43.4 Å². The minimum absolute atomic E-state index is 0.433. The zero-order valence-corrected chi connectivity index (χ0v) is 13.7. The molecule has 1 aromatic carbocycles. The van der Waals surface area contributed by atoms with E-state index in [0.717, 1.165) is 19.6 Å². The van der Waals surface area contributed by atoms with Crippen LogP contribution < -0.4 is 5.32 Å². The minimum atomic E-state index is 0.433. The monoisotopic (exact) mass is 289 g/mol. The van der Waals surface area contributed by atoms with Gasteiger partial charge >= 0.3 is 0 Å². The van der Waals surface area contributed by atoms with E-state index in [9.17, 15) is 0 Å². The molecule has 1 aliphatic heterocycles. The van der Waals surface area contributed by atoms with E-state index in [-0.39, 0.29) is 0 Å². The lowest BCUT2D eigenvalue weighted by atomic mass is 9.94. The predicted molar refractivity (Wildman–Crippen MR) is 89.7 cm³/mol. The molecule has 0 aromatic heterocycles. The van der Waals surface area contributed by atoms with Crippen LogP contribution in [0.25, 0.3) is 0 Å². The quantitative estimate of drug-likeness (QED) is 0.753. The van der Waals surface area contributed by atoms with Gasteiger partial charge in [-0.25, -0.2) is 0 Å². The summed E-state index contributed by atoms with van der Waals surface area (Å²) in [5, 5.41) is 3.72. The molecule has 0 bridgehead atoms. The van der Waals surface area contributed by atoms with Gasteiger partial charge in [0, 0.05) is 12.6 Å². The van der Waals surface area contributed by atoms with Crippen LogP contribution in [0, 0.1) is 0 Å². The molecule has 1 heterocycles. The summed E-state index contributed by atoms with van der Waals surface area (Å²) < 4.78 is 5.95. The average molecular weight is 289 g/mol. The molecule has 2 heteroatoms. The van der Waals surface area contributed by atoms with Gasteiger partial charge in [-0.3, -0.25) is 0 Å². The van der Waals surface area contributed by atoms with Gasteiger partial charge in [0.25, 0.3) is 0 Å². The maximum absolute atomic E-state index is 5.95. The van der Waals surface area contributed by atoms with Crippen LogP contribution in [0.3, 0.4) is 0 Å². The number of rotatable bonds is 8. The molecule has 2 nitrogen and oxygen atoms in total. The highest BCUT2D eigenvalue weighted by atomic mass is 16.5. The van der Waals surface area contributed by atoms with Gasteiger partial charge in [0.05, 0.1) is 6.10 Å². The number of hydrogen-bond donors (Lipinski definition) is 1. The van der Waals surface area contributed by atoms with Gasteiger partial charge in [-0.05, 0) is 56.2 Å². The summed E-state index contributed by atoms with van der Waals surface area (Å²) in [7, 11) is 0. The molecule has 1 N–H and O–H groups in total. The molecule has 0 radical (unpaired) electrons. The second kappa shape index (κ2) is 9.22. The fraction of sp³-hybridized carbons (Fsp3) is 0.684. The maximum Gasteiger partial charge on any atom is 0.0593 e. The molecule has 0 amide bonds. The van der Waals surface area contributed by atoms with Gasteiger partial charge < -0.3 is 10.1 Å². The summed E-state index contributed by atoms with van der Waals surface area (Å²) in [6.07, 6.45) is 8.88. The molecule has 1 aromatic rings. The van der Waals surface area contributed by atoms with Crippen molar-refractivity contribution < 1.29 is 4.74 Å². The maximum atomic E-state index is 5.95. The second-order valence-corrected chi connectivity index (χ2v) is 6.23. The van der Waals surface area contributed by atoms with E-state index < -0.39 is 0 Å². The van der Waals surface area contributed by atoms with E-state index >= 15 is 0 Å². The number of ether oxygens (including phenoxy) is 1. The Morgan fingerprint density at radius 2 is 2.14 bits per heavy atom. The third kappa shape index (κ3) is 5.44. The highest BCUT2D eigenvalue weighted by Crippen LogP contribution is 2.25. The van der Waals surface area contributed by atoms with Crippen molar-refractivity contribution in [3.05, 3.63) is 35.4 Å². The van der Waals surface area contributed by atoms with E-state index in [4.69, 9.17) is 4.74 Å². The highest BCUT2D eigenvalue weighted by Gasteiger charge is 2.20. The molecule has 0 saturated carbocycles. The van der Waals surface area contributed by atoms with Crippen molar-refractivity contribution in [1.29, 1.82) is 0 Å². The number of hydrogen-bond acceptors (Lipinski definition) is 2. The van der Waals surface area contributed by atoms with Crippen molar-refractivity contribution in [1.82, 2.24) is 5.32 Å². The number of benzene rings is 1. The Hall–Kier alpha value is -0.860. The summed E-state index contributed by atoms with van der Waals surface area (Å²) in [4.78, 5) is 0. The Kier molecular flexibility index (Phi) is 7.25. The van der Waals surface area contributed by atoms with Crippen LogP contribution in [-0.4, -0.2) is 19.3 Å². The summed E-state index contributed by atoms with van der Waals surface area (Å²) in [6, 6.07) is 9.56. The highest BCUT2D eigenvalue weighted by molar-refractivity contribution is 5.26. The Morgan fingerprint density at radius 3 is 2.86 bits per heavy atom. The minimum Gasteiger partial charge on any atom is -0.378 e. The summed E-state index contributed by atoms with van der Waals surface area (Å²) in [5.41, 5.74) is 2.89. The third-order valence-electron chi connectivity index (χ3n) is 4.31. The molecule has 1 aliphatic rings. The van der Waals surface area contributed by atoms with Crippen LogP contribution in [0.15, 0.2) is 24.3 Å². The van der Waals surface area contributed by atoms with Gasteiger partial charge in [-0.1, -0.05) is 44.5 Å². The molecule has 21 heavy (non-hydrogen) atoms. The smallest absolute Gasteiger partial charge is 0.0593 e. The van der Waals surface area contributed by atoms with E-state index in [0.29, 0.717) is 12.1 Å². The normalized spacial score (nSPS) is 20.4. The van der Waals surface area contributed by atoms with E-state index in [1.165, 1.54) is 49.7 Å². The summed E-state index contributed by atoms with van der Waals surface area (Å²) >= 11 is 0. The predicted octanol–water partition coefficient (Wildman–Crippen LogP) is 4.64. The van der Waals surface area contributed by atoms with E-state index in [1.807, 2.05) is 0 Å². The Morgan fingerprint density at radius 1 is 1.24 bits per heavy atom. The first-order valence-corrected chi connectivity index (χ1v) is 8.77. The first-order valence-electron chi connectivity index (χ1n) is 8.77. The van der Waals surface area contributed by atoms with Crippen LogP contribution in [0.5, 0.6) is 0 Å². The summed E-state index contributed by atoms with van der Waals surface area (Å²) in [5.74, 6) is 0. The molecule has 0 spiro atoms.